The van der Waals surface area contributed by atoms with E-state index in [0.29, 0.717) is 17.7 Å². The van der Waals surface area contributed by atoms with Crippen LogP contribution < -0.4 is 5.32 Å². The van der Waals surface area contributed by atoms with E-state index in [4.69, 9.17) is 10.00 Å². The Bertz CT molecular complexity index is 672. The fourth-order valence-electron chi connectivity index (χ4n) is 4.16. The van der Waals surface area contributed by atoms with Crippen molar-refractivity contribution in [3.63, 3.8) is 0 Å². The van der Waals surface area contributed by atoms with Crippen LogP contribution in [0.25, 0.3) is 0 Å². The fourth-order valence-corrected chi connectivity index (χ4v) is 4.16. The number of nitriles is 1. The number of ether oxygens (including phenoxy) is 1. The van der Waals surface area contributed by atoms with Crippen LogP contribution >= 0.6 is 0 Å². The number of nitrogens with one attached hydrogen (secondary N) is 1. The Morgan fingerprint density at radius 3 is 1.88 bits per heavy atom. The molecule has 0 fully saturated rings. The second-order valence-electron chi connectivity index (χ2n) is 9.39. The molecule has 1 rings (SSSR count). The van der Waals surface area contributed by atoms with Gasteiger partial charge in [-0.05, 0) is 18.6 Å². The predicted molar refractivity (Wildman–Crippen MR) is 140 cm³/mol. The lowest BCUT2D eigenvalue weighted by Gasteiger charge is -2.17. The molecule has 2 N–H and O–H groups in total. The van der Waals surface area contributed by atoms with Crippen LogP contribution in [0.15, 0.2) is 24.3 Å². The molecule has 5 nitrogen and oxygen atoms in total. The molecule has 5 heteroatoms. The van der Waals surface area contributed by atoms with Crippen molar-refractivity contribution in [2.45, 2.75) is 116 Å². The number of nitrogens with zero attached hydrogens (tertiary/aromatic N) is 1. The molecule has 1 aromatic carbocycles. The zero-order valence-electron chi connectivity index (χ0n) is 21.5. The molecule has 0 aromatic heterocycles. The van der Waals surface area contributed by atoms with Crippen molar-refractivity contribution in [3.05, 3.63) is 35.4 Å². The SMILES string of the molecule is CCCCCCCCCCCCCCCCCCOCC(CO)NC(=O)c1ccccc1C#N. The highest BCUT2D eigenvalue weighted by molar-refractivity contribution is 5.96. The van der Waals surface area contributed by atoms with E-state index in [1.54, 1.807) is 24.3 Å². The van der Waals surface area contributed by atoms with Crippen LogP contribution in [0.5, 0.6) is 0 Å². The van der Waals surface area contributed by atoms with Crippen LogP contribution in [0.3, 0.4) is 0 Å². The average Bonchev–Trinajstić information content (AvgIpc) is 2.87. The first-order valence-corrected chi connectivity index (χ1v) is 13.7. The first-order valence-electron chi connectivity index (χ1n) is 13.7. The second-order valence-corrected chi connectivity index (χ2v) is 9.39. The number of benzene rings is 1. The van der Waals surface area contributed by atoms with Crippen molar-refractivity contribution in [1.82, 2.24) is 5.32 Å². The molecule has 1 atom stereocenters. The monoisotopic (exact) mass is 472 g/mol. The van der Waals surface area contributed by atoms with Crippen molar-refractivity contribution < 1.29 is 14.6 Å². The molecule has 0 spiro atoms. The largest absolute Gasteiger partial charge is 0.394 e. The summed E-state index contributed by atoms with van der Waals surface area (Å²) in [6.45, 7) is 2.99. The molecular weight excluding hydrogens is 424 g/mol. The number of carbonyl (C=O) groups is 1. The Kier molecular flexibility index (Phi) is 19.2. The Morgan fingerprint density at radius 1 is 0.882 bits per heavy atom. The number of rotatable bonds is 22. The van der Waals surface area contributed by atoms with Gasteiger partial charge >= 0.3 is 0 Å². The number of hydrogen-bond acceptors (Lipinski definition) is 4. The second kappa shape index (κ2) is 21.6. The summed E-state index contributed by atoms with van der Waals surface area (Å²) in [6.07, 6.45) is 21.4. The van der Waals surface area contributed by atoms with Gasteiger partial charge in [0.15, 0.2) is 0 Å². The fraction of sp³-hybridized carbons (Fsp3) is 0.724. The van der Waals surface area contributed by atoms with Gasteiger partial charge in [-0.3, -0.25) is 4.79 Å². The number of amides is 1. The molecule has 1 unspecified atom stereocenters. The van der Waals surface area contributed by atoms with E-state index in [2.05, 4.69) is 12.2 Å². The van der Waals surface area contributed by atoms with Crippen molar-refractivity contribution in [2.75, 3.05) is 19.8 Å². The van der Waals surface area contributed by atoms with E-state index in [1.807, 2.05) is 6.07 Å². The van der Waals surface area contributed by atoms with Gasteiger partial charge in [0.25, 0.3) is 5.91 Å². The highest BCUT2D eigenvalue weighted by Gasteiger charge is 2.15. The van der Waals surface area contributed by atoms with Gasteiger partial charge in [0.05, 0.1) is 36.5 Å². The Balaban J connectivity index is 1.93. The van der Waals surface area contributed by atoms with E-state index in [0.717, 1.165) is 12.8 Å². The smallest absolute Gasteiger partial charge is 0.253 e. The third-order valence-corrected chi connectivity index (χ3v) is 6.31. The summed E-state index contributed by atoms with van der Waals surface area (Å²) in [5, 5.41) is 21.4. The van der Waals surface area contributed by atoms with Gasteiger partial charge in [-0.2, -0.15) is 5.26 Å². The van der Waals surface area contributed by atoms with Gasteiger partial charge in [-0.1, -0.05) is 115 Å². The molecule has 0 heterocycles. The molecule has 0 bridgehead atoms. The predicted octanol–water partition coefficient (Wildman–Crippen LogP) is 6.93. The highest BCUT2D eigenvalue weighted by atomic mass is 16.5. The summed E-state index contributed by atoms with van der Waals surface area (Å²) in [5.74, 6) is -0.359. The van der Waals surface area contributed by atoms with Crippen LogP contribution in [-0.2, 0) is 4.74 Å². The lowest BCUT2D eigenvalue weighted by atomic mass is 10.0. The number of hydrogen-bond donors (Lipinski definition) is 2. The van der Waals surface area contributed by atoms with Gasteiger partial charge in [-0.15, -0.1) is 0 Å². The highest BCUT2D eigenvalue weighted by Crippen LogP contribution is 2.14. The Hall–Kier alpha value is -1.90. The molecule has 0 aliphatic rings. The standard InChI is InChI=1S/C29H48N2O3/c1-2-3-4-5-6-7-8-9-10-11-12-13-14-15-16-19-22-34-25-27(24-32)31-29(33)28-21-18-17-20-26(28)23-30/h17-18,20-21,27,32H,2-16,19,22,24-25H2,1H3,(H,31,33). The normalized spacial score (nSPS) is 11.8. The molecule has 0 saturated heterocycles. The minimum atomic E-state index is -0.472. The Morgan fingerprint density at radius 2 is 1.38 bits per heavy atom. The summed E-state index contributed by atoms with van der Waals surface area (Å²) < 4.78 is 5.66. The van der Waals surface area contributed by atoms with Gasteiger partial charge in [0.2, 0.25) is 0 Å². The van der Waals surface area contributed by atoms with Crippen molar-refractivity contribution >= 4 is 5.91 Å². The maximum Gasteiger partial charge on any atom is 0.253 e. The summed E-state index contributed by atoms with van der Waals surface area (Å²) >= 11 is 0. The molecule has 192 valence electrons. The van der Waals surface area contributed by atoms with Crippen LogP contribution in [0.2, 0.25) is 0 Å². The van der Waals surface area contributed by atoms with E-state index >= 15 is 0 Å². The molecular formula is C29H48N2O3. The van der Waals surface area contributed by atoms with E-state index in [9.17, 15) is 9.90 Å². The lowest BCUT2D eigenvalue weighted by molar-refractivity contribution is 0.0718. The van der Waals surface area contributed by atoms with Crippen molar-refractivity contribution in [3.8, 4) is 6.07 Å². The molecule has 0 aliphatic heterocycles. The summed E-state index contributed by atoms with van der Waals surface area (Å²) in [4.78, 5) is 12.4. The summed E-state index contributed by atoms with van der Waals surface area (Å²) in [7, 11) is 0. The maximum absolute atomic E-state index is 12.4. The zero-order chi connectivity index (χ0) is 24.7. The molecule has 0 saturated carbocycles. The van der Waals surface area contributed by atoms with Crippen molar-refractivity contribution in [1.29, 1.82) is 5.26 Å². The number of unbranched alkanes of at least 4 members (excludes halogenated alkanes) is 15. The van der Waals surface area contributed by atoms with Gasteiger partial charge in [-0.25, -0.2) is 0 Å². The number of aliphatic hydroxyl groups is 1. The molecule has 1 aromatic rings. The van der Waals surface area contributed by atoms with E-state index in [1.165, 1.54) is 89.9 Å². The topological polar surface area (TPSA) is 82.3 Å². The maximum atomic E-state index is 12.4. The van der Waals surface area contributed by atoms with Crippen LogP contribution in [0.4, 0.5) is 0 Å². The quantitative estimate of drug-likeness (QED) is 0.179. The van der Waals surface area contributed by atoms with Crippen LogP contribution in [0, 0.1) is 11.3 Å². The van der Waals surface area contributed by atoms with Crippen molar-refractivity contribution in [2.24, 2.45) is 0 Å². The first kappa shape index (κ1) is 30.1. The van der Waals surface area contributed by atoms with Gasteiger partial charge < -0.3 is 15.2 Å². The van der Waals surface area contributed by atoms with E-state index < -0.39 is 6.04 Å². The molecule has 0 radical (unpaired) electrons. The third kappa shape index (κ3) is 15.1. The molecule has 0 aliphatic carbocycles. The van der Waals surface area contributed by atoms with Crippen LogP contribution in [-0.4, -0.2) is 36.9 Å². The van der Waals surface area contributed by atoms with Gasteiger partial charge in [0.1, 0.15) is 0 Å². The minimum absolute atomic E-state index is 0.195. The zero-order valence-corrected chi connectivity index (χ0v) is 21.5. The molecule has 1 amide bonds. The number of aliphatic hydroxyl groups excluding tert-OH is 1. The summed E-state index contributed by atoms with van der Waals surface area (Å²) in [5.41, 5.74) is 0.645. The van der Waals surface area contributed by atoms with Gasteiger partial charge in [0, 0.05) is 6.61 Å². The first-order chi connectivity index (χ1) is 16.7. The van der Waals surface area contributed by atoms with Crippen LogP contribution in [0.1, 0.15) is 126 Å². The average molecular weight is 473 g/mol. The lowest BCUT2D eigenvalue weighted by Crippen LogP contribution is -2.41. The van der Waals surface area contributed by atoms with E-state index in [-0.39, 0.29) is 19.1 Å². The summed E-state index contributed by atoms with van der Waals surface area (Å²) in [6, 6.07) is 8.21. The Labute approximate surface area is 208 Å². The molecule has 34 heavy (non-hydrogen) atoms. The number of carbonyl (C=O) groups excluding carboxylic acids is 1. The third-order valence-electron chi connectivity index (χ3n) is 6.31. The minimum Gasteiger partial charge on any atom is -0.394 e.